The number of nitrogens with zero attached hydrogens (tertiary/aromatic N) is 2. The van der Waals surface area contributed by atoms with Gasteiger partial charge in [-0.15, -0.1) is 12.4 Å². The maximum atomic E-state index is 14.5. The fourth-order valence-electron chi connectivity index (χ4n) is 5.57. The van der Waals surface area contributed by atoms with Gasteiger partial charge in [-0.05, 0) is 36.4 Å². The van der Waals surface area contributed by atoms with Gasteiger partial charge in [0.2, 0.25) is 5.91 Å². The van der Waals surface area contributed by atoms with E-state index in [9.17, 15) is 18.7 Å². The topological polar surface area (TPSA) is 43.8 Å². The Morgan fingerprint density at radius 3 is 2.21 bits per heavy atom. The van der Waals surface area contributed by atoms with Crippen molar-refractivity contribution >= 4 is 29.9 Å². The van der Waals surface area contributed by atoms with Crippen molar-refractivity contribution in [2.24, 2.45) is 17.8 Å². The second-order valence-corrected chi connectivity index (χ2v) is 9.91. The lowest BCUT2D eigenvalue weighted by Crippen LogP contribution is -2.57. The molecule has 2 aromatic rings. The molecule has 0 saturated carbocycles. The van der Waals surface area contributed by atoms with Crippen LogP contribution >= 0.6 is 24.0 Å². The summed E-state index contributed by atoms with van der Waals surface area (Å²) < 4.78 is 27.9. The van der Waals surface area contributed by atoms with Crippen molar-refractivity contribution < 1.29 is 18.7 Å². The summed E-state index contributed by atoms with van der Waals surface area (Å²) in [6, 6.07) is 10.8. The lowest BCUT2D eigenvalue weighted by atomic mass is 9.70. The predicted molar refractivity (Wildman–Crippen MR) is 128 cm³/mol. The van der Waals surface area contributed by atoms with E-state index in [1.165, 1.54) is 12.1 Å². The molecule has 1 amide bonds. The van der Waals surface area contributed by atoms with E-state index in [4.69, 9.17) is 11.6 Å². The van der Waals surface area contributed by atoms with Gasteiger partial charge in [-0.3, -0.25) is 4.79 Å². The summed E-state index contributed by atoms with van der Waals surface area (Å²) in [7, 11) is 1.91. The Bertz CT molecular complexity index is 992. The Morgan fingerprint density at radius 1 is 1.03 bits per heavy atom. The van der Waals surface area contributed by atoms with Gasteiger partial charge in [-0.1, -0.05) is 43.6 Å². The molecule has 0 aromatic heterocycles. The molecule has 2 aliphatic heterocycles. The van der Waals surface area contributed by atoms with Crippen molar-refractivity contribution in [1.82, 2.24) is 9.80 Å². The van der Waals surface area contributed by atoms with Gasteiger partial charge in [0.05, 0.1) is 11.5 Å². The molecule has 0 bridgehead atoms. The van der Waals surface area contributed by atoms with Crippen LogP contribution in [0.15, 0.2) is 42.5 Å². The molecule has 2 fully saturated rings. The van der Waals surface area contributed by atoms with Crippen LogP contribution in [0.1, 0.15) is 30.9 Å². The number of amides is 1. The highest BCUT2D eigenvalue weighted by Crippen LogP contribution is 2.43. The molecular formula is C25H30Cl2F2N2O2. The molecule has 0 radical (unpaired) electrons. The van der Waals surface area contributed by atoms with Crippen molar-refractivity contribution in [2.45, 2.75) is 25.4 Å². The molecule has 4 atom stereocenters. The lowest BCUT2D eigenvalue weighted by Gasteiger charge is -2.48. The number of benzene rings is 2. The molecule has 4 rings (SSSR count). The van der Waals surface area contributed by atoms with Crippen molar-refractivity contribution in [2.75, 3.05) is 33.2 Å². The first kappa shape index (κ1) is 25.9. The van der Waals surface area contributed by atoms with Crippen molar-refractivity contribution in [3.8, 4) is 0 Å². The summed E-state index contributed by atoms with van der Waals surface area (Å²) in [6.45, 7) is 5.75. The quantitative estimate of drug-likeness (QED) is 0.667. The Balaban J connectivity index is 0.00000306. The Hall–Kier alpha value is -1.73. The summed E-state index contributed by atoms with van der Waals surface area (Å²) in [5.41, 5.74) is 0.0989. The van der Waals surface area contributed by atoms with Crippen molar-refractivity contribution in [1.29, 1.82) is 0 Å². The number of carbonyl (C=O) groups is 1. The molecule has 180 valence electrons. The third kappa shape index (κ3) is 4.76. The molecule has 2 aromatic carbocycles. The van der Waals surface area contributed by atoms with Crippen LogP contribution in [0.3, 0.4) is 0 Å². The first-order chi connectivity index (χ1) is 15.1. The monoisotopic (exact) mass is 498 g/mol. The molecule has 4 nitrogen and oxygen atoms in total. The zero-order valence-corrected chi connectivity index (χ0v) is 20.5. The smallest absolute Gasteiger partial charge is 0.227 e. The van der Waals surface area contributed by atoms with Gasteiger partial charge in [0.15, 0.2) is 0 Å². The second kappa shape index (κ2) is 9.87. The van der Waals surface area contributed by atoms with Crippen LogP contribution in [-0.2, 0) is 10.4 Å². The lowest BCUT2D eigenvalue weighted by molar-refractivity contribution is -0.152. The summed E-state index contributed by atoms with van der Waals surface area (Å²) in [6.07, 6.45) is 0. The number of hydrogen-bond acceptors (Lipinski definition) is 3. The fourth-order valence-corrected chi connectivity index (χ4v) is 5.69. The Kier molecular flexibility index (Phi) is 7.74. The molecule has 0 aliphatic carbocycles. The summed E-state index contributed by atoms with van der Waals surface area (Å²) in [4.78, 5) is 17.4. The SMILES string of the molecule is CC1CN(C(=O)[C@@H]2CN(C)C[C@H]2c2ccc(F)cc2F)CC(C)C1(O)c1ccc(Cl)cc1.Cl. The largest absolute Gasteiger partial charge is 0.384 e. The minimum Gasteiger partial charge on any atom is -0.384 e. The van der Waals surface area contributed by atoms with Crippen LogP contribution in [-0.4, -0.2) is 54.0 Å². The number of hydrogen-bond donors (Lipinski definition) is 1. The number of carbonyl (C=O) groups excluding carboxylic acids is 1. The zero-order chi connectivity index (χ0) is 23.2. The van der Waals surface area contributed by atoms with E-state index in [0.717, 1.165) is 11.6 Å². The number of likely N-dealkylation sites (N-methyl/N-ethyl adjacent to an activating group) is 1. The summed E-state index contributed by atoms with van der Waals surface area (Å²) in [5, 5.41) is 12.2. The van der Waals surface area contributed by atoms with Crippen LogP contribution in [0.25, 0.3) is 0 Å². The highest BCUT2D eigenvalue weighted by molar-refractivity contribution is 6.30. The molecule has 8 heteroatoms. The van der Waals surface area contributed by atoms with Crippen LogP contribution in [0.5, 0.6) is 0 Å². The third-order valence-corrected chi connectivity index (χ3v) is 7.54. The van der Waals surface area contributed by atoms with Gasteiger partial charge in [-0.2, -0.15) is 0 Å². The van der Waals surface area contributed by atoms with E-state index >= 15 is 0 Å². The van der Waals surface area contributed by atoms with E-state index in [-0.39, 0.29) is 36.1 Å². The number of likely N-dealkylation sites (tertiary alicyclic amines) is 2. The molecule has 33 heavy (non-hydrogen) atoms. The number of rotatable bonds is 3. The van der Waals surface area contributed by atoms with E-state index in [2.05, 4.69) is 0 Å². The van der Waals surface area contributed by atoms with Crippen molar-refractivity contribution in [3.63, 3.8) is 0 Å². The first-order valence-corrected chi connectivity index (χ1v) is 11.4. The molecule has 1 N–H and O–H groups in total. The number of halogens is 4. The Labute approximate surface area is 204 Å². The van der Waals surface area contributed by atoms with E-state index in [1.807, 2.05) is 37.9 Å². The van der Waals surface area contributed by atoms with Crippen LogP contribution in [0, 0.1) is 29.4 Å². The Morgan fingerprint density at radius 2 is 1.64 bits per heavy atom. The van der Waals surface area contributed by atoms with Gasteiger partial charge < -0.3 is 14.9 Å². The second-order valence-electron chi connectivity index (χ2n) is 9.48. The van der Waals surface area contributed by atoms with Gasteiger partial charge >= 0.3 is 0 Å². The van der Waals surface area contributed by atoms with Crippen LogP contribution in [0.4, 0.5) is 8.78 Å². The first-order valence-electron chi connectivity index (χ1n) is 11.0. The highest BCUT2D eigenvalue weighted by Gasteiger charge is 2.49. The minimum absolute atomic E-state index is 0. The summed E-state index contributed by atoms with van der Waals surface area (Å²) >= 11 is 6.02. The standard InChI is InChI=1S/C25H29ClF2N2O2.ClH/c1-15-11-30(12-16(2)25(15,32)17-4-6-18(26)7-5-17)24(31)22-14-29(3)13-21(22)20-9-8-19(27)10-23(20)28;/h4-10,15-16,21-22,32H,11-14H2,1-3H3;1H/t15?,16?,21-,22+,25?;/m0./s1. The van der Waals surface area contributed by atoms with E-state index in [1.54, 1.807) is 17.0 Å². The van der Waals surface area contributed by atoms with Crippen LogP contribution in [0.2, 0.25) is 5.02 Å². The van der Waals surface area contributed by atoms with Crippen molar-refractivity contribution in [3.05, 3.63) is 70.2 Å². The molecule has 2 aliphatic rings. The molecule has 2 saturated heterocycles. The zero-order valence-electron chi connectivity index (χ0n) is 19.0. The van der Waals surface area contributed by atoms with Gasteiger partial charge in [0.1, 0.15) is 11.6 Å². The number of piperidine rings is 1. The van der Waals surface area contributed by atoms with E-state index < -0.39 is 23.2 Å². The third-order valence-electron chi connectivity index (χ3n) is 7.29. The average molecular weight is 499 g/mol. The van der Waals surface area contributed by atoms with Gasteiger partial charge in [0.25, 0.3) is 0 Å². The molecule has 2 heterocycles. The molecule has 0 spiro atoms. The molecular weight excluding hydrogens is 469 g/mol. The number of aliphatic hydroxyl groups is 1. The summed E-state index contributed by atoms with van der Waals surface area (Å²) in [5.74, 6) is -2.42. The van der Waals surface area contributed by atoms with Crippen LogP contribution < -0.4 is 0 Å². The van der Waals surface area contributed by atoms with E-state index in [0.29, 0.717) is 36.8 Å². The average Bonchev–Trinajstić information content (AvgIpc) is 3.12. The fraction of sp³-hybridized carbons (Fsp3) is 0.480. The van der Waals surface area contributed by atoms with Gasteiger partial charge in [-0.25, -0.2) is 8.78 Å². The normalized spacial score (nSPS) is 30.2. The molecule has 2 unspecified atom stereocenters. The predicted octanol–water partition coefficient (Wildman–Crippen LogP) is 4.69. The van der Waals surface area contributed by atoms with Gasteiger partial charge in [0, 0.05) is 55.0 Å². The maximum Gasteiger partial charge on any atom is 0.227 e. The maximum absolute atomic E-state index is 14.5. The highest BCUT2D eigenvalue weighted by atomic mass is 35.5. The minimum atomic E-state index is -1.07.